The number of halogens is 1. The van der Waals surface area contributed by atoms with Gasteiger partial charge >= 0.3 is 0 Å². The van der Waals surface area contributed by atoms with Crippen LogP contribution in [0.4, 0.5) is 4.39 Å². The monoisotopic (exact) mass is 289 g/mol. The van der Waals surface area contributed by atoms with E-state index in [1.54, 1.807) is 12.1 Å². The van der Waals surface area contributed by atoms with Crippen LogP contribution in [0.2, 0.25) is 0 Å². The molecular formula is C17H24FN3. The van der Waals surface area contributed by atoms with Crippen LogP contribution in [0.5, 0.6) is 0 Å². The largest absolute Gasteiger partial charge is 0.330 e. The Hall–Kier alpha value is -1.44. The molecule has 0 radical (unpaired) electrons. The van der Waals surface area contributed by atoms with Gasteiger partial charge in [-0.2, -0.15) is 5.26 Å². The first-order valence-electron chi connectivity index (χ1n) is 7.82. The molecule has 4 heteroatoms. The second-order valence-corrected chi connectivity index (χ2v) is 5.84. The Labute approximate surface area is 126 Å². The van der Waals surface area contributed by atoms with E-state index in [1.165, 1.54) is 31.7 Å². The average Bonchev–Trinajstić information content (AvgIpc) is 2.54. The van der Waals surface area contributed by atoms with Crippen molar-refractivity contribution in [2.24, 2.45) is 11.7 Å². The smallest absolute Gasteiger partial charge is 0.140 e. The normalized spacial score (nSPS) is 22.2. The number of hydrogen-bond acceptors (Lipinski definition) is 3. The van der Waals surface area contributed by atoms with Crippen LogP contribution in [-0.4, -0.2) is 24.0 Å². The molecule has 1 aliphatic rings. The fraction of sp³-hybridized carbons (Fsp3) is 0.588. The molecule has 0 heterocycles. The first-order chi connectivity index (χ1) is 10.2. The molecule has 2 rings (SSSR count). The summed E-state index contributed by atoms with van der Waals surface area (Å²) in [5.41, 5.74) is 7.05. The molecule has 2 unspecified atom stereocenters. The van der Waals surface area contributed by atoms with Crippen molar-refractivity contribution in [2.45, 2.75) is 45.2 Å². The van der Waals surface area contributed by atoms with Gasteiger partial charge in [0.25, 0.3) is 0 Å². The maximum atomic E-state index is 13.4. The minimum atomic E-state index is -0.443. The van der Waals surface area contributed by atoms with E-state index in [9.17, 15) is 4.39 Å². The van der Waals surface area contributed by atoms with Crippen molar-refractivity contribution in [3.8, 4) is 6.07 Å². The molecule has 0 aliphatic heterocycles. The zero-order valence-electron chi connectivity index (χ0n) is 12.7. The fourth-order valence-corrected chi connectivity index (χ4v) is 3.40. The van der Waals surface area contributed by atoms with E-state index < -0.39 is 5.82 Å². The Bertz CT molecular complexity index is 509. The van der Waals surface area contributed by atoms with Crippen LogP contribution in [-0.2, 0) is 6.54 Å². The number of nitrogens with zero attached hydrogens (tertiary/aromatic N) is 2. The zero-order chi connectivity index (χ0) is 15.2. The maximum absolute atomic E-state index is 13.4. The van der Waals surface area contributed by atoms with E-state index in [4.69, 9.17) is 11.0 Å². The Morgan fingerprint density at radius 1 is 1.38 bits per heavy atom. The highest BCUT2D eigenvalue weighted by Gasteiger charge is 2.28. The second kappa shape index (κ2) is 7.53. The quantitative estimate of drug-likeness (QED) is 0.906. The van der Waals surface area contributed by atoms with Crippen molar-refractivity contribution in [2.75, 3.05) is 13.1 Å². The predicted molar refractivity (Wildman–Crippen MR) is 82.0 cm³/mol. The molecule has 3 nitrogen and oxygen atoms in total. The van der Waals surface area contributed by atoms with Gasteiger partial charge in [-0.25, -0.2) is 4.39 Å². The van der Waals surface area contributed by atoms with Crippen LogP contribution in [0.15, 0.2) is 18.2 Å². The van der Waals surface area contributed by atoms with E-state index in [0.717, 1.165) is 25.2 Å². The summed E-state index contributed by atoms with van der Waals surface area (Å²) in [5.74, 6) is 0.108. The first-order valence-corrected chi connectivity index (χ1v) is 7.82. The summed E-state index contributed by atoms with van der Waals surface area (Å²) in [6.07, 6.45) is 4.90. The van der Waals surface area contributed by atoms with Gasteiger partial charge < -0.3 is 5.73 Å². The van der Waals surface area contributed by atoms with Gasteiger partial charge in [0.05, 0.1) is 5.56 Å². The molecule has 0 aromatic heterocycles. The maximum Gasteiger partial charge on any atom is 0.140 e. The summed E-state index contributed by atoms with van der Waals surface area (Å²) < 4.78 is 13.4. The van der Waals surface area contributed by atoms with Gasteiger partial charge in [-0.05, 0) is 49.5 Å². The standard InChI is InChI=1S/C17H24FN3/c1-2-21(17-6-4-3-5-14(17)10-19)12-13-7-8-16(18)15(9-13)11-20/h7-9,14,17H,2-6,10,12,19H2,1H3. The van der Waals surface area contributed by atoms with Crippen molar-refractivity contribution < 1.29 is 4.39 Å². The summed E-state index contributed by atoms with van der Waals surface area (Å²) in [7, 11) is 0. The highest BCUT2D eigenvalue weighted by molar-refractivity contribution is 5.34. The summed E-state index contributed by atoms with van der Waals surface area (Å²) in [6, 6.07) is 7.25. The SMILES string of the molecule is CCN(Cc1ccc(F)c(C#N)c1)C1CCCCC1CN. The lowest BCUT2D eigenvalue weighted by Crippen LogP contribution is -2.44. The predicted octanol–water partition coefficient (Wildman–Crippen LogP) is 3.04. The zero-order valence-corrected chi connectivity index (χ0v) is 12.7. The minimum absolute atomic E-state index is 0.127. The highest BCUT2D eigenvalue weighted by Crippen LogP contribution is 2.29. The molecular weight excluding hydrogens is 265 g/mol. The van der Waals surface area contributed by atoms with E-state index in [1.807, 2.05) is 6.07 Å². The van der Waals surface area contributed by atoms with Crippen LogP contribution in [0.1, 0.15) is 43.7 Å². The molecule has 0 bridgehead atoms. The van der Waals surface area contributed by atoms with E-state index >= 15 is 0 Å². The first kappa shape index (κ1) is 15.9. The number of nitriles is 1. The van der Waals surface area contributed by atoms with Crippen molar-refractivity contribution in [3.63, 3.8) is 0 Å². The molecule has 114 valence electrons. The van der Waals surface area contributed by atoms with Crippen molar-refractivity contribution >= 4 is 0 Å². The lowest BCUT2D eigenvalue weighted by atomic mass is 9.83. The topological polar surface area (TPSA) is 53.0 Å². The van der Waals surface area contributed by atoms with Gasteiger partial charge in [0.1, 0.15) is 11.9 Å². The van der Waals surface area contributed by atoms with Crippen LogP contribution in [0, 0.1) is 23.1 Å². The van der Waals surface area contributed by atoms with Gasteiger partial charge in [-0.3, -0.25) is 4.90 Å². The molecule has 1 aliphatic carbocycles. The van der Waals surface area contributed by atoms with Crippen LogP contribution in [0.3, 0.4) is 0 Å². The minimum Gasteiger partial charge on any atom is -0.330 e. The van der Waals surface area contributed by atoms with Crippen molar-refractivity contribution in [3.05, 3.63) is 35.1 Å². The van der Waals surface area contributed by atoms with Gasteiger partial charge in [0, 0.05) is 12.6 Å². The molecule has 1 saturated carbocycles. The van der Waals surface area contributed by atoms with E-state index in [2.05, 4.69) is 11.8 Å². The van der Waals surface area contributed by atoms with Crippen LogP contribution in [0.25, 0.3) is 0 Å². The molecule has 0 saturated heterocycles. The van der Waals surface area contributed by atoms with Crippen molar-refractivity contribution in [1.82, 2.24) is 4.90 Å². The lowest BCUT2D eigenvalue weighted by Gasteiger charge is -2.39. The third-order valence-electron chi connectivity index (χ3n) is 4.58. The Morgan fingerprint density at radius 3 is 2.81 bits per heavy atom. The molecule has 0 spiro atoms. The number of nitrogens with two attached hydrogens (primary N) is 1. The molecule has 2 N–H and O–H groups in total. The molecule has 1 fully saturated rings. The molecule has 1 aromatic rings. The Morgan fingerprint density at radius 2 is 2.14 bits per heavy atom. The molecule has 0 amide bonds. The Kier molecular flexibility index (Phi) is 5.72. The second-order valence-electron chi connectivity index (χ2n) is 5.84. The highest BCUT2D eigenvalue weighted by atomic mass is 19.1. The Balaban J connectivity index is 2.13. The van der Waals surface area contributed by atoms with Gasteiger partial charge in [-0.1, -0.05) is 25.8 Å². The fourth-order valence-electron chi connectivity index (χ4n) is 3.40. The number of hydrogen-bond donors (Lipinski definition) is 1. The number of benzene rings is 1. The summed E-state index contributed by atoms with van der Waals surface area (Å²) in [4.78, 5) is 2.42. The number of rotatable bonds is 5. The van der Waals surface area contributed by atoms with E-state index in [0.29, 0.717) is 12.0 Å². The molecule has 21 heavy (non-hydrogen) atoms. The lowest BCUT2D eigenvalue weighted by molar-refractivity contribution is 0.105. The summed E-state index contributed by atoms with van der Waals surface area (Å²) in [5, 5.41) is 8.94. The third-order valence-corrected chi connectivity index (χ3v) is 4.58. The average molecular weight is 289 g/mol. The van der Waals surface area contributed by atoms with E-state index in [-0.39, 0.29) is 5.56 Å². The molecule has 1 aromatic carbocycles. The van der Waals surface area contributed by atoms with Crippen molar-refractivity contribution in [1.29, 1.82) is 5.26 Å². The summed E-state index contributed by atoms with van der Waals surface area (Å²) >= 11 is 0. The van der Waals surface area contributed by atoms with Crippen LogP contribution < -0.4 is 5.73 Å². The van der Waals surface area contributed by atoms with Gasteiger partial charge in [-0.15, -0.1) is 0 Å². The summed E-state index contributed by atoms with van der Waals surface area (Å²) in [6.45, 7) is 4.58. The molecule has 2 atom stereocenters. The van der Waals surface area contributed by atoms with Gasteiger partial charge in [0.2, 0.25) is 0 Å². The van der Waals surface area contributed by atoms with Crippen LogP contribution >= 0.6 is 0 Å². The van der Waals surface area contributed by atoms with Gasteiger partial charge in [0.15, 0.2) is 0 Å². The third kappa shape index (κ3) is 3.81.